The van der Waals surface area contributed by atoms with Crippen LogP contribution >= 0.6 is 35.3 Å². The highest BCUT2D eigenvalue weighted by atomic mass is 127. The number of hydrogen-bond acceptors (Lipinski definition) is 4. The van der Waals surface area contributed by atoms with E-state index in [1.54, 1.807) is 11.3 Å². The van der Waals surface area contributed by atoms with E-state index in [-0.39, 0.29) is 29.6 Å². The Labute approximate surface area is 196 Å². The Hall–Kier alpha value is -1.16. The number of benzene rings is 1. The number of nitrogens with zero attached hydrogens (tertiary/aromatic N) is 1. The summed E-state index contributed by atoms with van der Waals surface area (Å²) in [6.45, 7) is 12.3. The second-order valence-electron chi connectivity index (χ2n) is 8.02. The minimum Gasteiger partial charge on any atom is -0.383 e. The van der Waals surface area contributed by atoms with Crippen molar-refractivity contribution in [2.45, 2.75) is 59.0 Å². The first-order valence-corrected chi connectivity index (χ1v) is 10.6. The second kappa shape index (κ2) is 11.9. The third-order valence-corrected chi connectivity index (χ3v) is 5.20. The number of nitrogens with one attached hydrogen (secondary N) is 2. The summed E-state index contributed by atoms with van der Waals surface area (Å²) in [4.78, 5) is 5.60. The smallest absolute Gasteiger partial charge is 0.191 e. The van der Waals surface area contributed by atoms with Gasteiger partial charge in [0.15, 0.2) is 5.96 Å². The van der Waals surface area contributed by atoms with Crippen LogP contribution in [0.3, 0.4) is 0 Å². The van der Waals surface area contributed by atoms with Gasteiger partial charge in [0, 0.05) is 11.4 Å². The zero-order chi connectivity index (χ0) is 20.6. The van der Waals surface area contributed by atoms with Crippen LogP contribution in [0, 0.1) is 0 Å². The molecule has 162 valence electrons. The summed E-state index contributed by atoms with van der Waals surface area (Å²) in [6.07, 6.45) is 0. The molecule has 1 heterocycles. The fourth-order valence-electron chi connectivity index (χ4n) is 2.56. The van der Waals surface area contributed by atoms with Gasteiger partial charge in [0.25, 0.3) is 0 Å². The van der Waals surface area contributed by atoms with Gasteiger partial charge in [0.2, 0.25) is 0 Å². The Morgan fingerprint density at radius 2 is 1.83 bits per heavy atom. The fraction of sp³-hybridized carbons (Fsp3) is 0.500. The van der Waals surface area contributed by atoms with Crippen LogP contribution in [0.2, 0.25) is 0 Å². The standard InChI is InChI=1S/C22H33N3O2S.HI/c1-6-23-20(25-16-22(5,26)19-11-8-12-28-19)24-14-17-9-7-10-18(13-17)15-27-21(2,3)4;/h7-13,26H,6,14-16H2,1-5H3,(H2,23,24,25);1H. The summed E-state index contributed by atoms with van der Waals surface area (Å²) < 4.78 is 5.86. The number of halogens is 1. The lowest BCUT2D eigenvalue weighted by Gasteiger charge is -2.23. The Kier molecular flexibility index (Phi) is 10.6. The highest BCUT2D eigenvalue weighted by Crippen LogP contribution is 2.24. The lowest BCUT2D eigenvalue weighted by atomic mass is 10.1. The molecule has 1 atom stereocenters. The molecule has 5 nitrogen and oxygen atoms in total. The highest BCUT2D eigenvalue weighted by molar-refractivity contribution is 14.0. The maximum Gasteiger partial charge on any atom is 0.191 e. The lowest BCUT2D eigenvalue weighted by Crippen LogP contribution is -2.44. The van der Waals surface area contributed by atoms with Gasteiger partial charge in [-0.2, -0.15) is 0 Å². The van der Waals surface area contributed by atoms with E-state index in [4.69, 9.17) is 4.74 Å². The molecule has 2 rings (SSSR count). The Morgan fingerprint density at radius 3 is 2.45 bits per heavy atom. The molecule has 0 fully saturated rings. The van der Waals surface area contributed by atoms with Crippen molar-refractivity contribution in [2.75, 3.05) is 13.1 Å². The fourth-order valence-corrected chi connectivity index (χ4v) is 3.34. The predicted molar refractivity (Wildman–Crippen MR) is 133 cm³/mol. The van der Waals surface area contributed by atoms with Gasteiger partial charge in [0.05, 0.1) is 25.3 Å². The van der Waals surface area contributed by atoms with Gasteiger partial charge in [-0.3, -0.25) is 0 Å². The van der Waals surface area contributed by atoms with Crippen molar-refractivity contribution < 1.29 is 9.84 Å². The highest BCUT2D eigenvalue weighted by Gasteiger charge is 2.24. The summed E-state index contributed by atoms with van der Waals surface area (Å²) in [6, 6.07) is 12.2. The molecule has 3 N–H and O–H groups in total. The minimum absolute atomic E-state index is 0. The zero-order valence-corrected chi connectivity index (χ0v) is 21.1. The average Bonchev–Trinajstić information content (AvgIpc) is 3.18. The van der Waals surface area contributed by atoms with Crippen molar-refractivity contribution in [1.29, 1.82) is 0 Å². The van der Waals surface area contributed by atoms with Crippen LogP contribution in [0.5, 0.6) is 0 Å². The monoisotopic (exact) mass is 531 g/mol. The first-order chi connectivity index (χ1) is 13.2. The largest absolute Gasteiger partial charge is 0.383 e. The van der Waals surface area contributed by atoms with Crippen LogP contribution in [0.25, 0.3) is 0 Å². The molecule has 1 unspecified atom stereocenters. The van der Waals surface area contributed by atoms with Crippen LogP contribution in [-0.2, 0) is 23.5 Å². The number of aliphatic imine (C=N–C) groups is 1. The van der Waals surface area contributed by atoms with Gasteiger partial charge < -0.3 is 20.5 Å². The van der Waals surface area contributed by atoms with E-state index in [0.29, 0.717) is 25.7 Å². The van der Waals surface area contributed by atoms with Gasteiger partial charge in [-0.05, 0) is 57.2 Å². The molecule has 1 aromatic heterocycles. The lowest BCUT2D eigenvalue weighted by molar-refractivity contribution is -0.0149. The Bertz CT molecular complexity index is 756. The molecule has 0 spiro atoms. The van der Waals surface area contributed by atoms with Crippen LogP contribution in [0.15, 0.2) is 46.8 Å². The number of guanidine groups is 1. The molecule has 0 bridgehead atoms. The van der Waals surface area contributed by atoms with Gasteiger partial charge >= 0.3 is 0 Å². The maximum absolute atomic E-state index is 10.7. The summed E-state index contributed by atoms with van der Waals surface area (Å²) in [7, 11) is 0. The average molecular weight is 532 g/mol. The van der Waals surface area contributed by atoms with Crippen LogP contribution in [0.1, 0.15) is 50.6 Å². The minimum atomic E-state index is -0.936. The number of thiophene rings is 1. The van der Waals surface area contributed by atoms with Gasteiger partial charge in [-0.25, -0.2) is 4.99 Å². The summed E-state index contributed by atoms with van der Waals surface area (Å²) in [5.74, 6) is 0.690. The van der Waals surface area contributed by atoms with Crippen molar-refractivity contribution in [3.05, 3.63) is 57.8 Å². The molecule has 29 heavy (non-hydrogen) atoms. The predicted octanol–water partition coefficient (Wildman–Crippen LogP) is 4.64. The first-order valence-electron chi connectivity index (χ1n) is 9.70. The first kappa shape index (κ1) is 25.9. The topological polar surface area (TPSA) is 65.9 Å². The summed E-state index contributed by atoms with van der Waals surface area (Å²) in [5, 5.41) is 19.1. The number of rotatable bonds is 8. The Morgan fingerprint density at radius 1 is 1.10 bits per heavy atom. The van der Waals surface area contributed by atoms with Gasteiger partial charge in [-0.15, -0.1) is 35.3 Å². The molecule has 0 saturated carbocycles. The maximum atomic E-state index is 10.7. The summed E-state index contributed by atoms with van der Waals surface area (Å²) in [5.41, 5.74) is 1.17. The summed E-state index contributed by atoms with van der Waals surface area (Å²) >= 11 is 1.55. The SMILES string of the molecule is CCNC(=NCc1cccc(COC(C)(C)C)c1)NCC(C)(O)c1cccs1.I. The molecular formula is C22H34IN3O2S. The normalized spacial score (nSPS) is 14.1. The van der Waals surface area contributed by atoms with E-state index in [1.165, 1.54) is 0 Å². The van der Waals surface area contributed by atoms with Crippen LogP contribution in [0.4, 0.5) is 0 Å². The van der Waals surface area contributed by atoms with Crippen molar-refractivity contribution in [3.63, 3.8) is 0 Å². The van der Waals surface area contributed by atoms with Crippen molar-refractivity contribution in [2.24, 2.45) is 4.99 Å². The van der Waals surface area contributed by atoms with E-state index < -0.39 is 5.60 Å². The van der Waals surface area contributed by atoms with E-state index in [2.05, 4.69) is 54.6 Å². The van der Waals surface area contributed by atoms with Crippen molar-refractivity contribution in [1.82, 2.24) is 10.6 Å². The van der Waals surface area contributed by atoms with Crippen molar-refractivity contribution >= 4 is 41.3 Å². The molecule has 0 aliphatic rings. The third-order valence-electron chi connectivity index (χ3n) is 4.08. The van der Waals surface area contributed by atoms with E-state index in [0.717, 1.165) is 22.5 Å². The quantitative estimate of drug-likeness (QED) is 0.264. The molecule has 0 aliphatic heterocycles. The number of aliphatic hydroxyl groups is 1. The molecular weight excluding hydrogens is 497 g/mol. The molecule has 7 heteroatoms. The van der Waals surface area contributed by atoms with Gasteiger partial charge in [-0.1, -0.05) is 30.3 Å². The van der Waals surface area contributed by atoms with E-state index in [9.17, 15) is 5.11 Å². The third kappa shape index (κ3) is 9.46. The molecule has 0 amide bonds. The van der Waals surface area contributed by atoms with Crippen LogP contribution < -0.4 is 10.6 Å². The molecule has 0 aliphatic carbocycles. The molecule has 2 aromatic rings. The zero-order valence-electron chi connectivity index (χ0n) is 18.0. The van der Waals surface area contributed by atoms with Crippen LogP contribution in [-0.4, -0.2) is 29.8 Å². The van der Waals surface area contributed by atoms with Gasteiger partial charge in [0.1, 0.15) is 5.60 Å². The second-order valence-corrected chi connectivity index (χ2v) is 8.97. The number of ether oxygens (including phenoxy) is 1. The molecule has 0 radical (unpaired) electrons. The van der Waals surface area contributed by atoms with E-state index >= 15 is 0 Å². The Balaban J connectivity index is 0.00000420. The molecule has 1 aromatic carbocycles. The molecule has 0 saturated heterocycles. The van der Waals surface area contributed by atoms with E-state index in [1.807, 2.05) is 37.4 Å². The van der Waals surface area contributed by atoms with Crippen molar-refractivity contribution in [3.8, 4) is 0 Å². The number of hydrogen-bond donors (Lipinski definition) is 3.